The number of nitrogens with zero attached hydrogens (tertiary/aromatic N) is 1. The lowest BCUT2D eigenvalue weighted by Crippen LogP contribution is -2.47. The Labute approximate surface area is 198 Å². The summed E-state index contributed by atoms with van der Waals surface area (Å²) >= 11 is 5.52. The third kappa shape index (κ3) is 5.61. The number of urea groups is 1. The van der Waals surface area contributed by atoms with Gasteiger partial charge in [-0.1, -0.05) is 12.1 Å². The van der Waals surface area contributed by atoms with Gasteiger partial charge in [-0.05, 0) is 75.0 Å². The Balaban J connectivity index is 1.83. The van der Waals surface area contributed by atoms with E-state index < -0.39 is 12.0 Å². The Morgan fingerprint density at radius 3 is 2.42 bits per heavy atom. The van der Waals surface area contributed by atoms with E-state index in [1.54, 1.807) is 44.4 Å². The molecule has 0 saturated heterocycles. The van der Waals surface area contributed by atoms with Crippen LogP contribution in [0.2, 0.25) is 0 Å². The van der Waals surface area contributed by atoms with E-state index in [0.29, 0.717) is 34.4 Å². The van der Waals surface area contributed by atoms with Crippen LogP contribution in [0.1, 0.15) is 32.4 Å². The molecule has 9 heteroatoms. The van der Waals surface area contributed by atoms with Gasteiger partial charge in [-0.15, -0.1) is 0 Å². The molecule has 1 aliphatic rings. The number of carbonyl (C=O) groups excluding carboxylic acids is 2. The maximum absolute atomic E-state index is 12.8. The SMILES string of the molecule is CCOC(=O)C1=C(C)N(CC)C(=S)NC1c1cccc(NC(=O)Nc2ccc(OC)cc2)c1. The number of ether oxygens (including phenoxy) is 2. The first-order chi connectivity index (χ1) is 15.9. The van der Waals surface area contributed by atoms with Gasteiger partial charge in [0.25, 0.3) is 0 Å². The highest BCUT2D eigenvalue weighted by molar-refractivity contribution is 7.80. The van der Waals surface area contributed by atoms with Gasteiger partial charge in [0.05, 0.1) is 25.3 Å². The van der Waals surface area contributed by atoms with Crippen LogP contribution in [-0.2, 0) is 9.53 Å². The lowest BCUT2D eigenvalue weighted by Gasteiger charge is -2.37. The number of amides is 2. The monoisotopic (exact) mass is 468 g/mol. The van der Waals surface area contributed by atoms with Crippen molar-refractivity contribution >= 4 is 40.7 Å². The van der Waals surface area contributed by atoms with E-state index in [1.165, 1.54) is 0 Å². The van der Waals surface area contributed by atoms with Gasteiger partial charge in [-0.2, -0.15) is 0 Å². The van der Waals surface area contributed by atoms with Crippen molar-refractivity contribution < 1.29 is 19.1 Å². The largest absolute Gasteiger partial charge is 0.497 e. The smallest absolute Gasteiger partial charge is 0.338 e. The van der Waals surface area contributed by atoms with Crippen LogP contribution in [0.25, 0.3) is 0 Å². The number of esters is 1. The molecule has 2 amide bonds. The van der Waals surface area contributed by atoms with E-state index in [4.69, 9.17) is 21.7 Å². The second-order valence-corrected chi connectivity index (χ2v) is 7.67. The van der Waals surface area contributed by atoms with Crippen LogP contribution in [0.3, 0.4) is 0 Å². The summed E-state index contributed by atoms with van der Waals surface area (Å²) in [6.45, 7) is 6.49. The van der Waals surface area contributed by atoms with Crippen molar-refractivity contribution in [2.45, 2.75) is 26.8 Å². The van der Waals surface area contributed by atoms with Crippen molar-refractivity contribution in [1.82, 2.24) is 10.2 Å². The summed E-state index contributed by atoms with van der Waals surface area (Å²) < 4.78 is 10.4. The van der Waals surface area contributed by atoms with Crippen molar-refractivity contribution in [1.29, 1.82) is 0 Å². The van der Waals surface area contributed by atoms with E-state index in [0.717, 1.165) is 11.3 Å². The van der Waals surface area contributed by atoms with Crippen LogP contribution < -0.4 is 20.7 Å². The molecule has 3 N–H and O–H groups in total. The van der Waals surface area contributed by atoms with Gasteiger partial charge < -0.3 is 30.3 Å². The number of nitrogens with one attached hydrogen (secondary N) is 3. The number of allylic oxidation sites excluding steroid dienone is 1. The van der Waals surface area contributed by atoms with Gasteiger partial charge in [0.1, 0.15) is 5.75 Å². The van der Waals surface area contributed by atoms with Crippen molar-refractivity contribution in [2.24, 2.45) is 0 Å². The maximum atomic E-state index is 12.8. The number of benzene rings is 2. The highest BCUT2D eigenvalue weighted by atomic mass is 32.1. The summed E-state index contributed by atoms with van der Waals surface area (Å²) in [6, 6.07) is 13.4. The third-order valence-electron chi connectivity index (χ3n) is 5.23. The van der Waals surface area contributed by atoms with Crippen LogP contribution in [0.15, 0.2) is 59.8 Å². The summed E-state index contributed by atoms with van der Waals surface area (Å²) in [4.78, 5) is 27.1. The zero-order valence-corrected chi connectivity index (χ0v) is 19.9. The molecule has 0 saturated carbocycles. The number of hydrogen-bond donors (Lipinski definition) is 3. The predicted molar refractivity (Wildman–Crippen MR) is 132 cm³/mol. The summed E-state index contributed by atoms with van der Waals surface area (Å²) in [5.41, 5.74) is 3.22. The first-order valence-electron chi connectivity index (χ1n) is 10.7. The molecule has 0 fully saturated rings. The molecule has 174 valence electrons. The van der Waals surface area contributed by atoms with E-state index in [2.05, 4.69) is 16.0 Å². The van der Waals surface area contributed by atoms with Crippen LogP contribution in [0.4, 0.5) is 16.2 Å². The van der Waals surface area contributed by atoms with Crippen LogP contribution in [-0.4, -0.2) is 42.3 Å². The summed E-state index contributed by atoms with van der Waals surface area (Å²) in [5, 5.41) is 9.38. The second kappa shape index (κ2) is 10.8. The van der Waals surface area contributed by atoms with Crippen LogP contribution in [0, 0.1) is 0 Å². The molecule has 0 radical (unpaired) electrons. The molecule has 1 unspecified atom stereocenters. The normalized spacial score (nSPS) is 15.6. The molecule has 3 rings (SSSR count). The molecule has 33 heavy (non-hydrogen) atoms. The van der Waals surface area contributed by atoms with Crippen molar-refractivity contribution in [3.63, 3.8) is 0 Å². The van der Waals surface area contributed by atoms with Gasteiger partial charge in [-0.3, -0.25) is 0 Å². The number of hydrogen-bond acceptors (Lipinski definition) is 5. The summed E-state index contributed by atoms with van der Waals surface area (Å²) in [5.74, 6) is 0.304. The Morgan fingerprint density at radius 1 is 1.09 bits per heavy atom. The fourth-order valence-electron chi connectivity index (χ4n) is 3.65. The average molecular weight is 469 g/mol. The third-order valence-corrected chi connectivity index (χ3v) is 5.57. The molecule has 1 atom stereocenters. The lowest BCUT2D eigenvalue weighted by atomic mass is 9.94. The van der Waals surface area contributed by atoms with Crippen molar-refractivity contribution in [3.05, 3.63) is 65.4 Å². The topological polar surface area (TPSA) is 91.9 Å². The molecule has 2 aromatic rings. The van der Waals surface area contributed by atoms with Gasteiger partial charge >= 0.3 is 12.0 Å². The van der Waals surface area contributed by atoms with Gasteiger partial charge in [0, 0.05) is 23.6 Å². The predicted octanol–water partition coefficient (Wildman–Crippen LogP) is 4.43. The Hall–Kier alpha value is -3.59. The van der Waals surface area contributed by atoms with Gasteiger partial charge in [-0.25, -0.2) is 9.59 Å². The zero-order chi connectivity index (χ0) is 24.0. The van der Waals surface area contributed by atoms with Crippen molar-refractivity contribution in [2.75, 3.05) is 30.9 Å². The zero-order valence-electron chi connectivity index (χ0n) is 19.1. The van der Waals surface area contributed by atoms with E-state index in [-0.39, 0.29) is 12.6 Å². The van der Waals surface area contributed by atoms with E-state index in [1.807, 2.05) is 36.9 Å². The number of rotatable bonds is 7. The molecule has 0 spiro atoms. The second-order valence-electron chi connectivity index (χ2n) is 7.28. The van der Waals surface area contributed by atoms with Gasteiger partial charge in [0.2, 0.25) is 0 Å². The quantitative estimate of drug-likeness (QED) is 0.409. The van der Waals surface area contributed by atoms with E-state index in [9.17, 15) is 9.59 Å². The average Bonchev–Trinajstić information content (AvgIpc) is 2.79. The first kappa shape index (κ1) is 24.1. The fourth-order valence-corrected chi connectivity index (χ4v) is 4.03. The molecule has 1 aliphatic heterocycles. The highest BCUT2D eigenvalue weighted by Crippen LogP contribution is 2.32. The molecule has 0 aromatic heterocycles. The first-order valence-corrected chi connectivity index (χ1v) is 11.1. The van der Waals surface area contributed by atoms with Crippen molar-refractivity contribution in [3.8, 4) is 5.75 Å². The molecule has 0 bridgehead atoms. The van der Waals surface area contributed by atoms with Crippen LogP contribution >= 0.6 is 12.2 Å². The molecular weight excluding hydrogens is 440 g/mol. The Morgan fingerprint density at radius 2 is 1.79 bits per heavy atom. The minimum absolute atomic E-state index is 0.270. The molecule has 1 heterocycles. The number of carbonyl (C=O) groups is 2. The molecule has 2 aromatic carbocycles. The Kier molecular flexibility index (Phi) is 7.89. The van der Waals surface area contributed by atoms with E-state index >= 15 is 0 Å². The standard InChI is InChI=1S/C24H28N4O4S/c1-5-28-15(3)20(22(29)32-6-2)21(27-24(28)33)16-8-7-9-18(14-16)26-23(30)25-17-10-12-19(31-4)13-11-17/h7-14,21H,5-6H2,1-4H3,(H,27,33)(H2,25,26,30). The maximum Gasteiger partial charge on any atom is 0.338 e. The minimum atomic E-state index is -0.495. The van der Waals surface area contributed by atoms with Gasteiger partial charge in [0.15, 0.2) is 5.11 Å². The molecular formula is C24H28N4O4S. The minimum Gasteiger partial charge on any atom is -0.497 e. The summed E-state index contributed by atoms with van der Waals surface area (Å²) in [7, 11) is 1.58. The molecule has 8 nitrogen and oxygen atoms in total. The summed E-state index contributed by atoms with van der Waals surface area (Å²) in [6.07, 6.45) is 0. The van der Waals surface area contributed by atoms with Crippen LogP contribution in [0.5, 0.6) is 5.75 Å². The number of methoxy groups -OCH3 is 1. The Bertz CT molecular complexity index is 1070. The lowest BCUT2D eigenvalue weighted by molar-refractivity contribution is -0.139. The molecule has 0 aliphatic carbocycles. The number of anilines is 2. The highest BCUT2D eigenvalue weighted by Gasteiger charge is 2.34. The number of thiocarbonyl (C=S) groups is 1. The fraction of sp³-hybridized carbons (Fsp3) is 0.292.